The van der Waals surface area contributed by atoms with E-state index in [0.717, 1.165) is 4.90 Å². The largest absolute Gasteiger partial charge is 0.507 e. The first-order chi connectivity index (χ1) is 11.4. The average molecular weight is 346 g/mol. The molecule has 0 aliphatic carbocycles. The number of halogens is 2. The van der Waals surface area contributed by atoms with E-state index in [2.05, 4.69) is 0 Å². The van der Waals surface area contributed by atoms with Crippen molar-refractivity contribution in [3.05, 3.63) is 76.1 Å². The molecule has 3 rings (SSSR count). The van der Waals surface area contributed by atoms with E-state index in [9.17, 15) is 19.1 Å². The smallest absolute Gasteiger partial charge is 0.295 e. The van der Waals surface area contributed by atoms with Crippen molar-refractivity contribution < 1.29 is 19.1 Å². The summed E-state index contributed by atoms with van der Waals surface area (Å²) in [7, 11) is 1.40. The van der Waals surface area contributed by atoms with E-state index < -0.39 is 23.5 Å². The summed E-state index contributed by atoms with van der Waals surface area (Å²) >= 11 is 5.82. The first-order valence-corrected chi connectivity index (χ1v) is 7.54. The highest BCUT2D eigenvalue weighted by molar-refractivity contribution is 6.46. The van der Waals surface area contributed by atoms with Gasteiger partial charge in [-0.05, 0) is 30.3 Å². The van der Waals surface area contributed by atoms with Crippen molar-refractivity contribution in [3.63, 3.8) is 0 Å². The molecule has 1 amide bonds. The molecule has 1 unspecified atom stereocenters. The molecule has 1 heterocycles. The van der Waals surface area contributed by atoms with Crippen molar-refractivity contribution in [3.8, 4) is 0 Å². The van der Waals surface area contributed by atoms with Crippen LogP contribution in [0.2, 0.25) is 5.02 Å². The zero-order valence-electron chi connectivity index (χ0n) is 12.7. The predicted molar refractivity (Wildman–Crippen MR) is 87.9 cm³/mol. The summed E-state index contributed by atoms with van der Waals surface area (Å²) in [5.74, 6) is -2.56. The molecule has 1 saturated heterocycles. The van der Waals surface area contributed by atoms with E-state index in [4.69, 9.17) is 11.6 Å². The quantitative estimate of drug-likeness (QED) is 0.514. The van der Waals surface area contributed by atoms with Gasteiger partial charge in [-0.2, -0.15) is 0 Å². The molecule has 6 heteroatoms. The fourth-order valence-corrected chi connectivity index (χ4v) is 2.90. The third-order valence-corrected chi connectivity index (χ3v) is 4.24. The van der Waals surface area contributed by atoms with Crippen LogP contribution in [0.15, 0.2) is 54.1 Å². The van der Waals surface area contributed by atoms with Crippen LogP contribution in [0.4, 0.5) is 4.39 Å². The number of rotatable bonds is 2. The Labute approximate surface area is 142 Å². The maximum absolute atomic E-state index is 14.2. The number of likely N-dealkylation sites (N-methyl/N-ethyl adjacent to an activating group) is 1. The number of ketones is 1. The topological polar surface area (TPSA) is 57.6 Å². The van der Waals surface area contributed by atoms with Gasteiger partial charge < -0.3 is 10.0 Å². The molecule has 1 aliphatic heterocycles. The lowest BCUT2D eigenvalue weighted by Crippen LogP contribution is -2.25. The van der Waals surface area contributed by atoms with Gasteiger partial charge in [0.25, 0.3) is 11.7 Å². The lowest BCUT2D eigenvalue weighted by molar-refractivity contribution is -0.139. The van der Waals surface area contributed by atoms with E-state index in [1.165, 1.54) is 37.4 Å². The number of carbonyl (C=O) groups is 2. The van der Waals surface area contributed by atoms with Crippen LogP contribution in [0.25, 0.3) is 5.76 Å². The molecule has 0 aromatic heterocycles. The Morgan fingerprint density at radius 2 is 1.75 bits per heavy atom. The van der Waals surface area contributed by atoms with E-state index >= 15 is 0 Å². The first kappa shape index (κ1) is 16.2. The lowest BCUT2D eigenvalue weighted by Gasteiger charge is -2.21. The van der Waals surface area contributed by atoms with Gasteiger partial charge in [-0.25, -0.2) is 4.39 Å². The van der Waals surface area contributed by atoms with E-state index in [-0.39, 0.29) is 16.9 Å². The number of carbonyl (C=O) groups excluding carboxylic acids is 2. The second kappa shape index (κ2) is 6.09. The third kappa shape index (κ3) is 2.57. The predicted octanol–water partition coefficient (Wildman–Crippen LogP) is 3.53. The SMILES string of the molecule is CN1C(=O)C(=O)C(=C(O)c2ccc(Cl)cc2)C1c1ccccc1F. The Hall–Kier alpha value is -2.66. The summed E-state index contributed by atoms with van der Waals surface area (Å²) in [5, 5.41) is 11.0. The summed E-state index contributed by atoms with van der Waals surface area (Å²) in [6.45, 7) is 0. The van der Waals surface area contributed by atoms with Crippen LogP contribution in [0.5, 0.6) is 0 Å². The van der Waals surface area contributed by atoms with Crippen LogP contribution in [-0.2, 0) is 9.59 Å². The number of benzene rings is 2. The van der Waals surface area contributed by atoms with Gasteiger partial charge in [0.1, 0.15) is 11.6 Å². The zero-order valence-corrected chi connectivity index (χ0v) is 13.4. The van der Waals surface area contributed by atoms with Crippen molar-refractivity contribution >= 4 is 29.1 Å². The molecule has 0 saturated carbocycles. The molecule has 24 heavy (non-hydrogen) atoms. The lowest BCUT2D eigenvalue weighted by atomic mass is 9.95. The molecular formula is C18H13ClFNO3. The van der Waals surface area contributed by atoms with Gasteiger partial charge in [-0.3, -0.25) is 9.59 Å². The summed E-state index contributed by atoms with van der Waals surface area (Å²) in [4.78, 5) is 25.6. The molecule has 0 bridgehead atoms. The number of aliphatic hydroxyl groups excluding tert-OH is 1. The number of aliphatic hydroxyl groups is 1. The molecule has 4 nitrogen and oxygen atoms in total. The van der Waals surface area contributed by atoms with Gasteiger partial charge in [-0.1, -0.05) is 29.8 Å². The number of amides is 1. The van der Waals surface area contributed by atoms with Gasteiger partial charge in [0.15, 0.2) is 0 Å². The van der Waals surface area contributed by atoms with Gasteiger partial charge >= 0.3 is 0 Å². The monoisotopic (exact) mass is 345 g/mol. The summed E-state index contributed by atoms with van der Waals surface area (Å²) in [6.07, 6.45) is 0. The number of hydrogen-bond donors (Lipinski definition) is 1. The van der Waals surface area contributed by atoms with E-state index in [1.54, 1.807) is 18.2 Å². The normalized spacial score (nSPS) is 19.8. The Bertz CT molecular complexity index is 861. The van der Waals surface area contributed by atoms with Gasteiger partial charge in [0, 0.05) is 23.2 Å². The standard InChI is InChI=1S/C18H13ClFNO3/c1-21-15(12-4-2-3-5-13(12)20)14(17(23)18(21)24)16(22)10-6-8-11(19)9-7-10/h2-9,15,22H,1H3. The minimum absolute atomic E-state index is 0.144. The second-order valence-corrected chi connectivity index (χ2v) is 5.87. The summed E-state index contributed by atoms with van der Waals surface area (Å²) in [5.41, 5.74) is 0.330. The highest BCUT2D eigenvalue weighted by atomic mass is 35.5. The fraction of sp³-hybridized carbons (Fsp3) is 0.111. The molecule has 2 aromatic carbocycles. The van der Waals surface area contributed by atoms with E-state index in [1.807, 2.05) is 0 Å². The van der Waals surface area contributed by atoms with Crippen molar-refractivity contribution in [2.24, 2.45) is 0 Å². The summed E-state index contributed by atoms with van der Waals surface area (Å²) < 4.78 is 14.2. The highest BCUT2D eigenvalue weighted by Gasteiger charge is 2.45. The Balaban J connectivity index is 2.20. The van der Waals surface area contributed by atoms with E-state index in [0.29, 0.717) is 10.6 Å². The maximum Gasteiger partial charge on any atom is 0.295 e. The maximum atomic E-state index is 14.2. The van der Waals surface area contributed by atoms with Crippen LogP contribution in [0.1, 0.15) is 17.2 Å². The Kier molecular flexibility index (Phi) is 4.11. The molecule has 122 valence electrons. The molecular weight excluding hydrogens is 333 g/mol. The number of Topliss-reactive ketones (excluding diaryl/α,β-unsaturated/α-hetero) is 1. The highest BCUT2D eigenvalue weighted by Crippen LogP contribution is 2.39. The van der Waals surface area contributed by atoms with Crippen LogP contribution < -0.4 is 0 Å². The van der Waals surface area contributed by atoms with Crippen molar-refractivity contribution in [2.75, 3.05) is 7.05 Å². The second-order valence-electron chi connectivity index (χ2n) is 5.44. The van der Waals surface area contributed by atoms with Gasteiger partial charge in [0.05, 0.1) is 11.6 Å². The van der Waals surface area contributed by atoms with Crippen LogP contribution in [0, 0.1) is 5.82 Å². The number of hydrogen-bond acceptors (Lipinski definition) is 3. The molecule has 1 aliphatic rings. The Morgan fingerprint density at radius 1 is 1.12 bits per heavy atom. The average Bonchev–Trinajstić information content (AvgIpc) is 2.79. The number of likely N-dealkylation sites (tertiary alicyclic amines) is 1. The molecule has 2 aromatic rings. The van der Waals surface area contributed by atoms with Crippen molar-refractivity contribution in [2.45, 2.75) is 6.04 Å². The zero-order chi connectivity index (χ0) is 17.4. The van der Waals surface area contributed by atoms with Gasteiger partial charge in [0.2, 0.25) is 0 Å². The number of nitrogens with zero attached hydrogens (tertiary/aromatic N) is 1. The first-order valence-electron chi connectivity index (χ1n) is 7.16. The molecule has 1 fully saturated rings. The summed E-state index contributed by atoms with van der Waals surface area (Å²) in [6, 6.07) is 11.0. The van der Waals surface area contributed by atoms with Crippen LogP contribution in [-0.4, -0.2) is 28.7 Å². The minimum atomic E-state index is -0.984. The molecule has 1 atom stereocenters. The molecule has 0 radical (unpaired) electrons. The molecule has 1 N–H and O–H groups in total. The van der Waals surface area contributed by atoms with Crippen molar-refractivity contribution in [1.29, 1.82) is 0 Å². The molecule has 0 spiro atoms. The fourth-order valence-electron chi connectivity index (χ4n) is 2.77. The minimum Gasteiger partial charge on any atom is -0.507 e. The third-order valence-electron chi connectivity index (χ3n) is 3.99. The Morgan fingerprint density at radius 3 is 2.38 bits per heavy atom. The van der Waals surface area contributed by atoms with Crippen LogP contribution >= 0.6 is 11.6 Å². The van der Waals surface area contributed by atoms with Gasteiger partial charge in [-0.15, -0.1) is 0 Å². The van der Waals surface area contributed by atoms with Crippen LogP contribution in [0.3, 0.4) is 0 Å². The van der Waals surface area contributed by atoms with Crippen molar-refractivity contribution in [1.82, 2.24) is 4.90 Å².